The molecule has 0 aliphatic carbocycles. The van der Waals surface area contributed by atoms with Crippen LogP contribution in [0, 0.1) is 5.82 Å². The number of nitrogens with zero attached hydrogens (tertiary/aromatic N) is 1. The minimum atomic E-state index is -0.317. The third-order valence-electron chi connectivity index (χ3n) is 3.34. The van der Waals surface area contributed by atoms with Gasteiger partial charge in [0.15, 0.2) is 0 Å². The van der Waals surface area contributed by atoms with Crippen molar-refractivity contribution in [1.29, 1.82) is 0 Å². The molecule has 2 aromatic rings. The van der Waals surface area contributed by atoms with E-state index in [0.717, 1.165) is 22.7 Å². The Morgan fingerprint density at radius 1 is 1.25 bits per heavy atom. The van der Waals surface area contributed by atoms with Gasteiger partial charge in [0, 0.05) is 17.1 Å². The van der Waals surface area contributed by atoms with E-state index < -0.39 is 0 Å². The number of nitrogens with one attached hydrogen (secondary N) is 1. The van der Waals surface area contributed by atoms with Gasteiger partial charge in [-0.15, -0.1) is 0 Å². The van der Waals surface area contributed by atoms with E-state index in [9.17, 15) is 4.39 Å². The second kappa shape index (κ2) is 6.82. The number of pyridine rings is 1. The highest BCUT2D eigenvalue weighted by molar-refractivity contribution is 6.31. The van der Waals surface area contributed by atoms with E-state index in [2.05, 4.69) is 24.1 Å². The zero-order chi connectivity index (χ0) is 14.5. The van der Waals surface area contributed by atoms with Gasteiger partial charge in [0.25, 0.3) is 0 Å². The summed E-state index contributed by atoms with van der Waals surface area (Å²) in [6.07, 6.45) is 2.12. The Morgan fingerprint density at radius 2 is 2.00 bits per heavy atom. The molecule has 0 bridgehead atoms. The molecule has 2 unspecified atom stereocenters. The van der Waals surface area contributed by atoms with Crippen LogP contribution < -0.4 is 5.32 Å². The Hall–Kier alpha value is -1.45. The lowest BCUT2D eigenvalue weighted by Gasteiger charge is -2.23. The maximum absolute atomic E-state index is 12.9. The zero-order valence-corrected chi connectivity index (χ0v) is 12.4. The standard InChI is InChI=1S/C16H18ClFN2/c1-3-15(16-9-8-12(18)10-19-16)20-11(2)13-6-4-5-7-14(13)17/h4-11,15,20H,3H2,1-2H3. The van der Waals surface area contributed by atoms with E-state index in [4.69, 9.17) is 11.6 Å². The molecule has 1 aromatic carbocycles. The Bertz CT molecular complexity index is 557. The molecule has 106 valence electrons. The normalized spacial score (nSPS) is 14.0. The fraction of sp³-hybridized carbons (Fsp3) is 0.312. The van der Waals surface area contributed by atoms with E-state index in [0.29, 0.717) is 0 Å². The fourth-order valence-corrected chi connectivity index (χ4v) is 2.52. The lowest BCUT2D eigenvalue weighted by molar-refractivity contribution is 0.447. The number of benzene rings is 1. The maximum Gasteiger partial charge on any atom is 0.141 e. The quantitative estimate of drug-likeness (QED) is 0.866. The van der Waals surface area contributed by atoms with Crippen molar-refractivity contribution in [3.8, 4) is 0 Å². The van der Waals surface area contributed by atoms with E-state index in [1.165, 1.54) is 12.3 Å². The molecule has 4 heteroatoms. The molecule has 0 radical (unpaired) electrons. The smallest absolute Gasteiger partial charge is 0.141 e. The summed E-state index contributed by atoms with van der Waals surface area (Å²) in [7, 11) is 0. The highest BCUT2D eigenvalue weighted by Gasteiger charge is 2.16. The van der Waals surface area contributed by atoms with Crippen LogP contribution in [0.25, 0.3) is 0 Å². The van der Waals surface area contributed by atoms with Gasteiger partial charge >= 0.3 is 0 Å². The van der Waals surface area contributed by atoms with Crippen molar-refractivity contribution in [2.24, 2.45) is 0 Å². The monoisotopic (exact) mass is 292 g/mol. The first-order chi connectivity index (χ1) is 9.61. The molecule has 0 saturated carbocycles. The number of rotatable bonds is 5. The average Bonchev–Trinajstić information content (AvgIpc) is 2.46. The summed E-state index contributed by atoms with van der Waals surface area (Å²) in [5.74, 6) is -0.317. The summed E-state index contributed by atoms with van der Waals surface area (Å²) < 4.78 is 12.9. The number of aromatic nitrogens is 1. The number of hydrogen-bond donors (Lipinski definition) is 1. The fourth-order valence-electron chi connectivity index (χ4n) is 2.22. The van der Waals surface area contributed by atoms with E-state index in [1.807, 2.05) is 24.3 Å². The van der Waals surface area contributed by atoms with Crippen LogP contribution in [0.4, 0.5) is 4.39 Å². The Morgan fingerprint density at radius 3 is 2.60 bits per heavy atom. The molecule has 2 rings (SSSR count). The molecule has 0 aliphatic heterocycles. The SMILES string of the molecule is CCC(NC(C)c1ccccc1Cl)c1ccc(F)cn1. The van der Waals surface area contributed by atoms with Gasteiger partial charge in [-0.1, -0.05) is 36.7 Å². The van der Waals surface area contributed by atoms with Crippen LogP contribution in [0.5, 0.6) is 0 Å². The molecular formula is C16H18ClFN2. The van der Waals surface area contributed by atoms with Crippen molar-refractivity contribution in [1.82, 2.24) is 10.3 Å². The molecule has 0 aliphatic rings. The molecule has 2 nitrogen and oxygen atoms in total. The summed E-state index contributed by atoms with van der Waals surface area (Å²) in [6.45, 7) is 4.13. The second-order valence-electron chi connectivity index (χ2n) is 4.77. The molecule has 0 saturated heterocycles. The van der Waals surface area contributed by atoms with Gasteiger partial charge in [-0.3, -0.25) is 4.98 Å². The average molecular weight is 293 g/mol. The zero-order valence-electron chi connectivity index (χ0n) is 11.6. The van der Waals surface area contributed by atoms with Gasteiger partial charge in [0.05, 0.1) is 11.9 Å². The summed E-state index contributed by atoms with van der Waals surface area (Å²) >= 11 is 6.21. The Balaban J connectivity index is 2.14. The number of halogens is 2. The van der Waals surface area contributed by atoms with Crippen molar-refractivity contribution in [2.75, 3.05) is 0 Å². The number of hydrogen-bond acceptors (Lipinski definition) is 2. The summed E-state index contributed by atoms with van der Waals surface area (Å²) in [5, 5.41) is 4.23. The van der Waals surface area contributed by atoms with Gasteiger partial charge in [-0.2, -0.15) is 0 Å². The van der Waals surface area contributed by atoms with Gasteiger partial charge in [0.2, 0.25) is 0 Å². The molecule has 1 N–H and O–H groups in total. The van der Waals surface area contributed by atoms with Crippen LogP contribution in [0.2, 0.25) is 5.02 Å². The topological polar surface area (TPSA) is 24.9 Å². The van der Waals surface area contributed by atoms with Crippen LogP contribution in [0.1, 0.15) is 43.6 Å². The van der Waals surface area contributed by atoms with Gasteiger partial charge in [-0.05, 0) is 37.1 Å². The first-order valence-corrected chi connectivity index (χ1v) is 7.11. The van der Waals surface area contributed by atoms with Crippen LogP contribution in [0.15, 0.2) is 42.6 Å². The summed E-state index contributed by atoms with van der Waals surface area (Å²) in [6, 6.07) is 11.1. The molecule has 0 spiro atoms. The molecule has 1 heterocycles. The molecule has 20 heavy (non-hydrogen) atoms. The molecule has 0 amide bonds. The van der Waals surface area contributed by atoms with Crippen LogP contribution >= 0.6 is 11.6 Å². The van der Waals surface area contributed by atoms with E-state index >= 15 is 0 Å². The van der Waals surface area contributed by atoms with E-state index in [-0.39, 0.29) is 17.9 Å². The van der Waals surface area contributed by atoms with Crippen molar-refractivity contribution in [2.45, 2.75) is 32.4 Å². The highest BCUT2D eigenvalue weighted by atomic mass is 35.5. The Kier molecular flexibility index (Phi) is 5.10. The minimum absolute atomic E-state index is 0.0712. The third kappa shape index (κ3) is 3.56. The molecular weight excluding hydrogens is 275 g/mol. The largest absolute Gasteiger partial charge is 0.302 e. The van der Waals surface area contributed by atoms with Gasteiger partial charge in [-0.25, -0.2) is 4.39 Å². The molecule has 0 fully saturated rings. The summed E-state index contributed by atoms with van der Waals surface area (Å²) in [5.41, 5.74) is 1.89. The van der Waals surface area contributed by atoms with Crippen LogP contribution in [0.3, 0.4) is 0 Å². The second-order valence-corrected chi connectivity index (χ2v) is 5.18. The Labute approximate surface area is 124 Å². The van der Waals surface area contributed by atoms with E-state index in [1.54, 1.807) is 6.07 Å². The minimum Gasteiger partial charge on any atom is -0.302 e. The predicted molar refractivity (Wildman–Crippen MR) is 80.2 cm³/mol. The van der Waals surface area contributed by atoms with Crippen molar-refractivity contribution < 1.29 is 4.39 Å². The lowest BCUT2D eigenvalue weighted by atomic mass is 10.0. The van der Waals surface area contributed by atoms with Crippen LogP contribution in [-0.4, -0.2) is 4.98 Å². The third-order valence-corrected chi connectivity index (χ3v) is 3.68. The predicted octanol–water partition coefficient (Wildman–Crippen LogP) is 4.68. The molecule has 2 atom stereocenters. The summed E-state index contributed by atoms with van der Waals surface area (Å²) in [4.78, 5) is 4.15. The highest BCUT2D eigenvalue weighted by Crippen LogP contribution is 2.25. The van der Waals surface area contributed by atoms with Crippen molar-refractivity contribution in [3.63, 3.8) is 0 Å². The first-order valence-electron chi connectivity index (χ1n) is 6.73. The van der Waals surface area contributed by atoms with Crippen LogP contribution in [-0.2, 0) is 0 Å². The first kappa shape index (κ1) is 14.9. The lowest BCUT2D eigenvalue weighted by Crippen LogP contribution is -2.25. The van der Waals surface area contributed by atoms with Gasteiger partial charge < -0.3 is 5.32 Å². The van der Waals surface area contributed by atoms with Crippen molar-refractivity contribution in [3.05, 3.63) is 64.7 Å². The van der Waals surface area contributed by atoms with Crippen molar-refractivity contribution >= 4 is 11.6 Å². The maximum atomic E-state index is 12.9. The molecule has 1 aromatic heterocycles. The van der Waals surface area contributed by atoms with Gasteiger partial charge in [0.1, 0.15) is 5.82 Å².